The molecule has 0 spiro atoms. The van der Waals surface area contributed by atoms with Gasteiger partial charge in [-0.05, 0) is 52.0 Å². The smallest absolute Gasteiger partial charge is 0.475 e. The quantitative estimate of drug-likeness (QED) is 0.646. The zero-order valence-electron chi connectivity index (χ0n) is 17.2. The molecule has 0 bridgehead atoms. The molecule has 2 heterocycles. The molecule has 0 aliphatic carbocycles. The van der Waals surface area contributed by atoms with Crippen LogP contribution in [-0.2, 0) is 11.3 Å². The van der Waals surface area contributed by atoms with Crippen molar-refractivity contribution in [2.24, 2.45) is 0 Å². The van der Waals surface area contributed by atoms with Gasteiger partial charge in [-0.15, -0.1) is 5.10 Å². The Hall–Kier alpha value is -3.70. The van der Waals surface area contributed by atoms with Crippen molar-refractivity contribution in [3.63, 3.8) is 0 Å². The van der Waals surface area contributed by atoms with Crippen molar-refractivity contribution < 1.29 is 27.9 Å². The maximum Gasteiger partial charge on any atom is 0.490 e. The maximum atomic E-state index is 12.3. The predicted molar refractivity (Wildman–Crippen MR) is 105 cm³/mol. The molecule has 1 aromatic carbocycles. The van der Waals surface area contributed by atoms with E-state index in [1.165, 1.54) is 0 Å². The van der Waals surface area contributed by atoms with Crippen molar-refractivity contribution in [1.29, 1.82) is 0 Å². The number of alkyl halides is 3. The van der Waals surface area contributed by atoms with E-state index in [1.54, 1.807) is 11.0 Å². The van der Waals surface area contributed by atoms with Crippen LogP contribution in [0, 0.1) is 20.8 Å². The average Bonchev–Trinajstić information content (AvgIpc) is 3.24. The highest BCUT2D eigenvalue weighted by Gasteiger charge is 2.38. The molecule has 0 saturated heterocycles. The molecule has 0 radical (unpaired) electrons. The van der Waals surface area contributed by atoms with Crippen LogP contribution in [0.3, 0.4) is 0 Å². The summed E-state index contributed by atoms with van der Waals surface area (Å²) in [6, 6.07) is 7.61. The number of aliphatic carboxylic acids is 1. The second kappa shape index (κ2) is 9.41. The number of carbonyl (C=O) groups excluding carboxylic acids is 1. The van der Waals surface area contributed by atoms with E-state index in [2.05, 4.69) is 20.6 Å². The first-order valence-corrected chi connectivity index (χ1v) is 9.08. The van der Waals surface area contributed by atoms with Gasteiger partial charge in [0.25, 0.3) is 5.91 Å². The standard InChI is InChI=1S/C17H20N6O.C2HF3O2/c1-5-23-13(4)16(20-21-23)17(24)19-14-6-8-15(9-7-14)22-10-18-11(2)12(22)3;3-2(4,5)1(6)7/h6-10H,5H2,1-4H3,(H,19,24);(H,6,7). The minimum atomic E-state index is -5.08. The number of imidazole rings is 1. The van der Waals surface area contributed by atoms with Crippen LogP contribution in [0.4, 0.5) is 18.9 Å². The highest BCUT2D eigenvalue weighted by molar-refractivity contribution is 6.03. The number of benzene rings is 1. The third-order valence-corrected chi connectivity index (χ3v) is 4.39. The Morgan fingerprint density at radius 1 is 1.10 bits per heavy atom. The number of hydrogen-bond acceptors (Lipinski definition) is 5. The third-order valence-electron chi connectivity index (χ3n) is 4.39. The van der Waals surface area contributed by atoms with E-state index in [-0.39, 0.29) is 5.91 Å². The summed E-state index contributed by atoms with van der Waals surface area (Å²) in [6.07, 6.45) is -3.29. The van der Waals surface area contributed by atoms with Crippen LogP contribution in [0.25, 0.3) is 5.69 Å². The topological polar surface area (TPSA) is 115 Å². The fraction of sp³-hybridized carbons (Fsp3) is 0.316. The number of carboxylic acid groups (broad SMARTS) is 1. The van der Waals surface area contributed by atoms with Gasteiger partial charge in [-0.3, -0.25) is 4.79 Å². The monoisotopic (exact) mass is 438 g/mol. The lowest BCUT2D eigenvalue weighted by atomic mass is 10.2. The Balaban J connectivity index is 0.000000423. The van der Waals surface area contributed by atoms with Gasteiger partial charge in [0.15, 0.2) is 5.69 Å². The van der Waals surface area contributed by atoms with Gasteiger partial charge in [0.2, 0.25) is 0 Å². The molecule has 3 aromatic rings. The van der Waals surface area contributed by atoms with E-state index in [0.717, 1.165) is 22.8 Å². The lowest BCUT2D eigenvalue weighted by Crippen LogP contribution is -2.21. The minimum absolute atomic E-state index is 0.255. The molecule has 12 heteroatoms. The van der Waals surface area contributed by atoms with Crippen LogP contribution in [0.1, 0.15) is 34.5 Å². The lowest BCUT2D eigenvalue weighted by Gasteiger charge is -2.08. The zero-order chi connectivity index (χ0) is 23.3. The number of amides is 1. The van der Waals surface area contributed by atoms with Crippen molar-refractivity contribution >= 4 is 17.6 Å². The number of aromatic nitrogens is 5. The number of rotatable bonds is 4. The number of nitrogens with zero attached hydrogens (tertiary/aromatic N) is 5. The van der Waals surface area contributed by atoms with Crippen molar-refractivity contribution in [2.75, 3.05) is 5.32 Å². The van der Waals surface area contributed by atoms with Crippen LogP contribution < -0.4 is 5.32 Å². The summed E-state index contributed by atoms with van der Waals surface area (Å²) >= 11 is 0. The number of anilines is 1. The van der Waals surface area contributed by atoms with Crippen LogP contribution in [0.2, 0.25) is 0 Å². The number of carboxylic acids is 1. The van der Waals surface area contributed by atoms with Gasteiger partial charge in [0.1, 0.15) is 0 Å². The summed E-state index contributed by atoms with van der Waals surface area (Å²) in [5, 5.41) is 17.9. The van der Waals surface area contributed by atoms with Gasteiger partial charge in [0, 0.05) is 23.6 Å². The van der Waals surface area contributed by atoms with Gasteiger partial charge in [0.05, 0.1) is 17.7 Å². The number of hydrogen-bond donors (Lipinski definition) is 2. The Morgan fingerprint density at radius 2 is 1.68 bits per heavy atom. The van der Waals surface area contributed by atoms with Crippen LogP contribution in [-0.4, -0.2) is 47.7 Å². The Labute approximate surface area is 175 Å². The van der Waals surface area contributed by atoms with Crippen molar-refractivity contribution in [3.05, 3.63) is 53.4 Å². The average molecular weight is 438 g/mol. The summed E-state index contributed by atoms with van der Waals surface area (Å²) in [6.45, 7) is 8.49. The molecule has 31 heavy (non-hydrogen) atoms. The SMILES string of the molecule is CCn1nnc(C(=O)Nc2ccc(-n3cnc(C)c3C)cc2)c1C.O=C(O)C(F)(F)F. The molecular weight excluding hydrogens is 417 g/mol. The summed E-state index contributed by atoms with van der Waals surface area (Å²) < 4.78 is 35.4. The van der Waals surface area contributed by atoms with Crippen LogP contribution in [0.5, 0.6) is 0 Å². The normalized spacial score (nSPS) is 10.9. The van der Waals surface area contributed by atoms with E-state index in [1.807, 2.05) is 56.5 Å². The summed E-state index contributed by atoms with van der Waals surface area (Å²) in [5.41, 5.74) is 4.92. The Bertz CT molecular complexity index is 1070. The molecule has 0 unspecified atom stereocenters. The molecular formula is C19H21F3N6O3. The van der Waals surface area contributed by atoms with Crippen molar-refractivity contribution in [2.45, 2.75) is 40.4 Å². The van der Waals surface area contributed by atoms with Gasteiger partial charge in [-0.2, -0.15) is 13.2 Å². The van der Waals surface area contributed by atoms with Crippen LogP contribution in [0.15, 0.2) is 30.6 Å². The molecule has 0 aliphatic rings. The number of aryl methyl sites for hydroxylation is 2. The van der Waals surface area contributed by atoms with E-state index in [4.69, 9.17) is 9.90 Å². The molecule has 166 valence electrons. The first kappa shape index (κ1) is 23.6. The molecule has 0 fully saturated rings. The second-order valence-corrected chi connectivity index (χ2v) is 6.43. The molecule has 1 amide bonds. The Morgan fingerprint density at radius 3 is 2.10 bits per heavy atom. The van der Waals surface area contributed by atoms with E-state index in [0.29, 0.717) is 17.9 Å². The van der Waals surface area contributed by atoms with Gasteiger partial charge in [-0.1, -0.05) is 5.21 Å². The first-order valence-electron chi connectivity index (χ1n) is 9.08. The predicted octanol–water partition coefficient (Wildman–Crippen LogP) is 3.29. The van der Waals surface area contributed by atoms with Crippen molar-refractivity contribution in [3.8, 4) is 5.69 Å². The Kier molecular flexibility index (Phi) is 7.16. The lowest BCUT2D eigenvalue weighted by molar-refractivity contribution is -0.192. The third kappa shape index (κ3) is 5.68. The molecule has 2 aromatic heterocycles. The molecule has 2 N–H and O–H groups in total. The fourth-order valence-corrected chi connectivity index (χ4v) is 2.53. The molecule has 9 nitrogen and oxygen atoms in total. The molecule has 0 atom stereocenters. The van der Waals surface area contributed by atoms with Gasteiger partial charge >= 0.3 is 12.1 Å². The fourth-order valence-electron chi connectivity index (χ4n) is 2.53. The summed E-state index contributed by atoms with van der Waals surface area (Å²) in [5.74, 6) is -3.01. The van der Waals surface area contributed by atoms with Crippen molar-refractivity contribution in [1.82, 2.24) is 24.5 Å². The summed E-state index contributed by atoms with van der Waals surface area (Å²) in [7, 11) is 0. The highest BCUT2D eigenvalue weighted by Crippen LogP contribution is 2.17. The highest BCUT2D eigenvalue weighted by atomic mass is 19.4. The minimum Gasteiger partial charge on any atom is -0.475 e. The number of nitrogens with one attached hydrogen (secondary N) is 1. The second-order valence-electron chi connectivity index (χ2n) is 6.43. The van der Waals surface area contributed by atoms with Gasteiger partial charge < -0.3 is 15.0 Å². The molecule has 3 rings (SSSR count). The number of carbonyl (C=O) groups is 2. The maximum absolute atomic E-state index is 12.3. The molecule has 0 aliphatic heterocycles. The molecule has 0 saturated carbocycles. The first-order chi connectivity index (χ1) is 14.5. The summed E-state index contributed by atoms with van der Waals surface area (Å²) in [4.78, 5) is 25.5. The largest absolute Gasteiger partial charge is 0.490 e. The van der Waals surface area contributed by atoms with E-state index in [9.17, 15) is 18.0 Å². The van der Waals surface area contributed by atoms with E-state index < -0.39 is 12.1 Å². The zero-order valence-corrected chi connectivity index (χ0v) is 17.2. The number of halogens is 3. The van der Waals surface area contributed by atoms with Gasteiger partial charge in [-0.25, -0.2) is 14.5 Å². The van der Waals surface area contributed by atoms with E-state index >= 15 is 0 Å². The van der Waals surface area contributed by atoms with Crippen LogP contribution >= 0.6 is 0 Å².